The van der Waals surface area contributed by atoms with Gasteiger partial charge in [0.25, 0.3) is 11.8 Å². The third kappa shape index (κ3) is 4.91. The Labute approximate surface area is 200 Å². The molecule has 2 aromatic heterocycles. The van der Waals surface area contributed by atoms with Crippen LogP contribution in [0.4, 0.5) is 5.13 Å². The molecule has 33 heavy (non-hydrogen) atoms. The molecule has 0 saturated carbocycles. The molecule has 0 aliphatic rings. The fourth-order valence-electron chi connectivity index (χ4n) is 3.36. The van der Waals surface area contributed by atoms with Gasteiger partial charge in [-0.3, -0.25) is 14.9 Å². The normalized spacial score (nSPS) is 12.5. The molecule has 0 aliphatic heterocycles. The Morgan fingerprint density at radius 1 is 1.06 bits per heavy atom. The van der Waals surface area contributed by atoms with Crippen LogP contribution in [-0.4, -0.2) is 26.6 Å². The van der Waals surface area contributed by atoms with E-state index >= 15 is 0 Å². The second-order valence-electron chi connectivity index (χ2n) is 8.67. The smallest absolute Gasteiger partial charge is 0.273 e. The number of halogens is 1. The number of fused-ring (bicyclic) bond motifs is 1. The summed E-state index contributed by atoms with van der Waals surface area (Å²) < 4.78 is 2.33. The third-order valence-corrected chi connectivity index (χ3v) is 6.23. The van der Waals surface area contributed by atoms with Crippen LogP contribution in [0.2, 0.25) is 5.02 Å². The zero-order chi connectivity index (χ0) is 23.8. The van der Waals surface area contributed by atoms with Gasteiger partial charge in [-0.1, -0.05) is 59.3 Å². The molecule has 7 nitrogen and oxygen atoms in total. The van der Waals surface area contributed by atoms with E-state index in [0.717, 1.165) is 5.56 Å². The quantitative estimate of drug-likeness (QED) is 0.385. The average molecular weight is 482 g/mol. The number of rotatable bonds is 5. The van der Waals surface area contributed by atoms with Crippen molar-refractivity contribution >= 4 is 50.2 Å². The first kappa shape index (κ1) is 22.9. The number of hydrogen-bond acceptors (Lipinski definition) is 5. The molecule has 2 aromatic carbocycles. The van der Waals surface area contributed by atoms with Crippen LogP contribution in [-0.2, 0) is 5.54 Å². The highest BCUT2D eigenvalue weighted by Crippen LogP contribution is 2.33. The van der Waals surface area contributed by atoms with Gasteiger partial charge in [0.2, 0.25) is 0 Å². The van der Waals surface area contributed by atoms with Gasteiger partial charge in [0.05, 0.1) is 11.6 Å². The number of benzene rings is 2. The standard InChI is InChI=1S/C24H24ClN5O2S/c1-14(15-9-6-5-7-10-15)26-22(32)18-19-20(30(29-18)24(2,3)4)27-23(33-19)28-21(31)16-11-8-12-17(25)13-16/h5-14H,1-4H3,(H,26,32)(H,27,28,31)/t14-/m1/s1. The Hall–Kier alpha value is -3.23. The van der Waals surface area contributed by atoms with Crippen molar-refractivity contribution in [2.45, 2.75) is 39.3 Å². The van der Waals surface area contributed by atoms with Gasteiger partial charge in [-0.05, 0) is 51.5 Å². The topological polar surface area (TPSA) is 88.9 Å². The van der Waals surface area contributed by atoms with Crippen molar-refractivity contribution in [2.75, 3.05) is 5.32 Å². The summed E-state index contributed by atoms with van der Waals surface area (Å²) in [5, 5.41) is 11.3. The summed E-state index contributed by atoms with van der Waals surface area (Å²) in [7, 11) is 0. The van der Waals surface area contributed by atoms with Gasteiger partial charge in [0.1, 0.15) is 4.70 Å². The van der Waals surface area contributed by atoms with Gasteiger partial charge in [-0.25, -0.2) is 4.68 Å². The van der Waals surface area contributed by atoms with Gasteiger partial charge < -0.3 is 5.32 Å². The van der Waals surface area contributed by atoms with E-state index in [1.54, 1.807) is 28.9 Å². The van der Waals surface area contributed by atoms with Crippen LogP contribution in [0.1, 0.15) is 60.1 Å². The molecule has 4 rings (SSSR count). The van der Waals surface area contributed by atoms with E-state index < -0.39 is 5.54 Å². The summed E-state index contributed by atoms with van der Waals surface area (Å²) in [6, 6.07) is 16.2. The molecule has 0 spiro atoms. The highest BCUT2D eigenvalue weighted by Gasteiger charge is 2.28. The third-order valence-electron chi connectivity index (χ3n) is 5.03. The molecule has 0 unspecified atom stereocenters. The maximum Gasteiger partial charge on any atom is 0.273 e. The van der Waals surface area contributed by atoms with E-state index in [-0.39, 0.29) is 23.6 Å². The lowest BCUT2D eigenvalue weighted by atomic mass is 10.1. The molecule has 170 valence electrons. The van der Waals surface area contributed by atoms with E-state index in [9.17, 15) is 9.59 Å². The minimum atomic E-state index is -0.413. The van der Waals surface area contributed by atoms with Gasteiger partial charge in [0.15, 0.2) is 16.5 Å². The van der Waals surface area contributed by atoms with Crippen LogP contribution >= 0.6 is 22.9 Å². The lowest BCUT2D eigenvalue weighted by molar-refractivity contribution is 0.0934. The number of aromatic nitrogens is 3. The molecule has 2 amide bonds. The summed E-state index contributed by atoms with van der Waals surface area (Å²) >= 11 is 7.22. The monoisotopic (exact) mass is 481 g/mol. The van der Waals surface area contributed by atoms with Crippen molar-refractivity contribution < 1.29 is 9.59 Å². The van der Waals surface area contributed by atoms with Crippen molar-refractivity contribution in [2.24, 2.45) is 0 Å². The zero-order valence-corrected chi connectivity index (χ0v) is 20.3. The van der Waals surface area contributed by atoms with E-state index in [1.807, 2.05) is 58.0 Å². The van der Waals surface area contributed by atoms with Crippen LogP contribution in [0.25, 0.3) is 10.3 Å². The van der Waals surface area contributed by atoms with Gasteiger partial charge in [-0.2, -0.15) is 10.1 Å². The lowest BCUT2D eigenvalue weighted by Crippen LogP contribution is -2.28. The van der Waals surface area contributed by atoms with Crippen LogP contribution in [0.5, 0.6) is 0 Å². The van der Waals surface area contributed by atoms with Crippen LogP contribution < -0.4 is 10.6 Å². The first-order valence-corrected chi connectivity index (χ1v) is 11.7. The molecular formula is C24H24ClN5O2S. The predicted molar refractivity (Wildman–Crippen MR) is 132 cm³/mol. The van der Waals surface area contributed by atoms with E-state index in [0.29, 0.717) is 26.1 Å². The number of nitrogens with one attached hydrogen (secondary N) is 2. The molecule has 0 bridgehead atoms. The van der Waals surface area contributed by atoms with Crippen LogP contribution in [0, 0.1) is 0 Å². The van der Waals surface area contributed by atoms with Crippen molar-refractivity contribution in [3.8, 4) is 0 Å². The molecule has 4 aromatic rings. The maximum absolute atomic E-state index is 13.2. The lowest BCUT2D eigenvalue weighted by Gasteiger charge is -2.19. The fourth-order valence-corrected chi connectivity index (χ4v) is 4.47. The molecule has 2 heterocycles. The molecule has 0 fully saturated rings. The summed E-state index contributed by atoms with van der Waals surface area (Å²) in [4.78, 5) is 30.4. The van der Waals surface area contributed by atoms with Crippen LogP contribution in [0.15, 0.2) is 54.6 Å². The van der Waals surface area contributed by atoms with Gasteiger partial charge >= 0.3 is 0 Å². The summed E-state index contributed by atoms with van der Waals surface area (Å²) in [6.45, 7) is 7.88. The zero-order valence-electron chi connectivity index (χ0n) is 18.7. The molecule has 2 N–H and O–H groups in total. The Kier molecular flexibility index (Phi) is 6.23. The van der Waals surface area contributed by atoms with E-state index in [2.05, 4.69) is 20.7 Å². The average Bonchev–Trinajstić information content (AvgIpc) is 3.32. The summed E-state index contributed by atoms with van der Waals surface area (Å²) in [5.74, 6) is -0.622. The number of nitrogens with zero attached hydrogens (tertiary/aromatic N) is 3. The number of thiazole rings is 1. The summed E-state index contributed by atoms with van der Waals surface area (Å²) in [6.07, 6.45) is 0. The maximum atomic E-state index is 13.2. The SMILES string of the molecule is C[C@@H](NC(=O)c1nn(C(C)(C)C)c2nc(NC(=O)c3cccc(Cl)c3)sc12)c1ccccc1. The largest absolute Gasteiger partial charge is 0.344 e. The molecule has 9 heteroatoms. The second kappa shape index (κ2) is 8.96. The van der Waals surface area contributed by atoms with Crippen LogP contribution in [0.3, 0.4) is 0 Å². The minimum Gasteiger partial charge on any atom is -0.344 e. The first-order chi connectivity index (χ1) is 15.6. The van der Waals surface area contributed by atoms with Gasteiger partial charge in [-0.15, -0.1) is 0 Å². The van der Waals surface area contributed by atoms with Gasteiger partial charge in [0, 0.05) is 10.6 Å². The molecule has 0 aliphatic carbocycles. The Morgan fingerprint density at radius 3 is 2.45 bits per heavy atom. The Bertz CT molecular complexity index is 1320. The van der Waals surface area contributed by atoms with Crippen molar-refractivity contribution in [1.82, 2.24) is 20.1 Å². The number of amides is 2. The van der Waals surface area contributed by atoms with Crippen molar-refractivity contribution in [3.63, 3.8) is 0 Å². The Morgan fingerprint density at radius 2 is 1.79 bits per heavy atom. The molecular weight excluding hydrogens is 458 g/mol. The molecule has 0 radical (unpaired) electrons. The summed E-state index contributed by atoms with van der Waals surface area (Å²) in [5.41, 5.74) is 1.84. The fraction of sp³-hybridized carbons (Fsp3) is 0.250. The first-order valence-electron chi connectivity index (χ1n) is 10.5. The van der Waals surface area contributed by atoms with Crippen molar-refractivity contribution in [3.05, 3.63) is 76.4 Å². The second-order valence-corrected chi connectivity index (χ2v) is 10.1. The predicted octanol–water partition coefficient (Wildman–Crippen LogP) is 5.64. The highest BCUT2D eigenvalue weighted by molar-refractivity contribution is 7.22. The molecule has 1 atom stereocenters. The number of hydrogen-bond donors (Lipinski definition) is 2. The minimum absolute atomic E-state index is 0.191. The van der Waals surface area contributed by atoms with E-state index in [1.165, 1.54) is 11.3 Å². The Balaban J connectivity index is 1.66. The van der Waals surface area contributed by atoms with Crippen molar-refractivity contribution in [1.29, 1.82) is 0 Å². The number of carbonyl (C=O) groups excluding carboxylic acids is 2. The van der Waals surface area contributed by atoms with E-state index in [4.69, 9.17) is 11.6 Å². The molecule has 0 saturated heterocycles. The number of anilines is 1. The highest BCUT2D eigenvalue weighted by atomic mass is 35.5. The number of carbonyl (C=O) groups is 2.